The second-order valence-electron chi connectivity index (χ2n) is 1.61. The van der Waals surface area contributed by atoms with Crippen LogP contribution in [-0.4, -0.2) is 23.3 Å². The summed E-state index contributed by atoms with van der Waals surface area (Å²) in [7, 11) is 1.80. The molecule has 0 aromatic rings. The smallest absolute Gasteiger partial charge is 0.147 e. The van der Waals surface area contributed by atoms with Crippen molar-refractivity contribution in [3.63, 3.8) is 0 Å². The van der Waals surface area contributed by atoms with Crippen LogP contribution in [0.1, 0.15) is 6.92 Å². The summed E-state index contributed by atoms with van der Waals surface area (Å²) in [4.78, 5) is 10.5. The number of ketones is 1. The molecule has 0 bridgehead atoms. The predicted molar refractivity (Wildman–Crippen MR) is 42.4 cm³/mol. The summed E-state index contributed by atoms with van der Waals surface area (Å²) >= 11 is 2.18. The first-order valence-corrected chi connectivity index (χ1v) is 3.98. The van der Waals surface area contributed by atoms with Crippen LogP contribution in [0.4, 0.5) is 0 Å². The molecule has 8 heavy (non-hydrogen) atoms. The number of carbonyl (C=O) groups excluding carboxylic acids is 1. The van der Waals surface area contributed by atoms with Crippen molar-refractivity contribution in [3.05, 3.63) is 0 Å². The zero-order chi connectivity index (χ0) is 6.57. The van der Waals surface area contributed by atoms with Crippen LogP contribution in [0.5, 0.6) is 0 Å². The maximum atomic E-state index is 10.5. The molecule has 0 amide bonds. The fraction of sp³-hybridized carbons (Fsp3) is 0.800. The van der Waals surface area contributed by atoms with E-state index in [9.17, 15) is 4.79 Å². The van der Waals surface area contributed by atoms with Crippen LogP contribution < -0.4 is 5.32 Å². The lowest BCUT2D eigenvalue weighted by molar-refractivity contribution is -0.118. The molecule has 3 heteroatoms. The summed E-state index contributed by atoms with van der Waals surface area (Å²) in [5.74, 6) is 0.210. The molecule has 0 heterocycles. The number of Topliss-reactive ketones (excluding diaryl/α,β-unsaturated/α-hetero) is 1. The first-order chi connectivity index (χ1) is 3.72. The van der Waals surface area contributed by atoms with Crippen molar-refractivity contribution in [2.45, 2.75) is 13.0 Å². The molecule has 0 spiro atoms. The molecule has 1 atom stereocenters. The minimum absolute atomic E-state index is 0.0515. The van der Waals surface area contributed by atoms with E-state index in [1.807, 2.05) is 0 Å². The average Bonchev–Trinajstić information content (AvgIpc) is 1.69. The van der Waals surface area contributed by atoms with E-state index in [4.69, 9.17) is 0 Å². The lowest BCUT2D eigenvalue weighted by atomic mass is 10.2. The van der Waals surface area contributed by atoms with Gasteiger partial charge < -0.3 is 5.32 Å². The highest BCUT2D eigenvalue weighted by Crippen LogP contribution is 1.90. The number of nitrogens with one attached hydrogen (secondary N) is 1. The fourth-order valence-electron chi connectivity index (χ4n) is 0.389. The Balaban J connectivity index is 3.52. The molecule has 0 radical (unpaired) electrons. The molecule has 2 nitrogen and oxygen atoms in total. The quantitative estimate of drug-likeness (QED) is 0.565. The summed E-state index contributed by atoms with van der Waals surface area (Å²) in [5, 5.41) is 2.89. The van der Waals surface area contributed by atoms with Gasteiger partial charge in [0, 0.05) is 4.43 Å². The van der Waals surface area contributed by atoms with Crippen molar-refractivity contribution in [2.24, 2.45) is 0 Å². The van der Waals surface area contributed by atoms with Crippen molar-refractivity contribution in [3.8, 4) is 0 Å². The van der Waals surface area contributed by atoms with Gasteiger partial charge in [-0.3, -0.25) is 4.79 Å². The van der Waals surface area contributed by atoms with Gasteiger partial charge in [-0.25, -0.2) is 0 Å². The largest absolute Gasteiger partial charge is 0.310 e. The number of rotatable bonds is 3. The van der Waals surface area contributed by atoms with E-state index < -0.39 is 0 Å². The van der Waals surface area contributed by atoms with Crippen LogP contribution in [0.15, 0.2) is 0 Å². The Labute approximate surface area is 63.2 Å². The maximum absolute atomic E-state index is 10.5. The lowest BCUT2D eigenvalue weighted by Crippen LogP contribution is -2.33. The van der Waals surface area contributed by atoms with Gasteiger partial charge in [-0.2, -0.15) is 0 Å². The third-order valence-corrected chi connectivity index (χ3v) is 1.87. The molecule has 0 aromatic heterocycles. The Bertz CT molecular complexity index is 80.5. The van der Waals surface area contributed by atoms with Gasteiger partial charge in [-0.05, 0) is 14.0 Å². The molecular weight excluding hydrogens is 217 g/mol. The van der Waals surface area contributed by atoms with Crippen molar-refractivity contribution >= 4 is 28.4 Å². The number of likely N-dealkylation sites (N-methyl/N-ethyl adjacent to an activating group) is 1. The van der Waals surface area contributed by atoms with Gasteiger partial charge in [0.15, 0.2) is 0 Å². The van der Waals surface area contributed by atoms with Crippen LogP contribution in [0, 0.1) is 0 Å². The second kappa shape index (κ2) is 4.26. The minimum Gasteiger partial charge on any atom is -0.310 e. The Kier molecular flexibility index (Phi) is 4.45. The van der Waals surface area contributed by atoms with Gasteiger partial charge >= 0.3 is 0 Å². The van der Waals surface area contributed by atoms with Crippen LogP contribution in [0.2, 0.25) is 0 Å². The van der Waals surface area contributed by atoms with E-state index in [2.05, 4.69) is 27.9 Å². The summed E-state index contributed by atoms with van der Waals surface area (Å²) in [6.45, 7) is 1.60. The van der Waals surface area contributed by atoms with Crippen molar-refractivity contribution in [1.29, 1.82) is 0 Å². The molecule has 0 aliphatic heterocycles. The van der Waals surface area contributed by atoms with E-state index in [1.54, 1.807) is 14.0 Å². The third-order valence-electron chi connectivity index (χ3n) is 0.993. The number of halogens is 1. The number of hydrogen-bond acceptors (Lipinski definition) is 2. The number of alkyl halides is 1. The van der Waals surface area contributed by atoms with E-state index >= 15 is 0 Å². The Hall–Kier alpha value is 0.360. The van der Waals surface area contributed by atoms with Crippen LogP contribution in [-0.2, 0) is 4.79 Å². The van der Waals surface area contributed by atoms with Crippen LogP contribution >= 0.6 is 22.6 Å². The lowest BCUT2D eigenvalue weighted by Gasteiger charge is -2.06. The standard InChI is InChI=1S/C5H10INO/c1-4(8)5(3-6)7-2/h5,7H,3H2,1-2H3/t5-/m0/s1. The van der Waals surface area contributed by atoms with Gasteiger partial charge in [0.25, 0.3) is 0 Å². The third kappa shape index (κ3) is 2.61. The molecule has 0 saturated carbocycles. The molecule has 1 N–H and O–H groups in total. The van der Waals surface area contributed by atoms with E-state index in [0.29, 0.717) is 0 Å². The molecule has 0 rings (SSSR count). The monoisotopic (exact) mass is 227 g/mol. The highest BCUT2D eigenvalue weighted by molar-refractivity contribution is 14.1. The topological polar surface area (TPSA) is 29.1 Å². The first-order valence-electron chi connectivity index (χ1n) is 2.46. The highest BCUT2D eigenvalue weighted by Gasteiger charge is 2.06. The van der Waals surface area contributed by atoms with Crippen molar-refractivity contribution in [1.82, 2.24) is 5.32 Å². The molecule has 48 valence electrons. The van der Waals surface area contributed by atoms with Crippen molar-refractivity contribution in [2.75, 3.05) is 11.5 Å². The Morgan fingerprint density at radius 2 is 2.38 bits per heavy atom. The van der Waals surface area contributed by atoms with Gasteiger partial charge in [-0.15, -0.1) is 0 Å². The molecule has 0 saturated heterocycles. The normalized spacial score (nSPS) is 13.4. The minimum atomic E-state index is 0.0515. The Morgan fingerprint density at radius 3 is 2.38 bits per heavy atom. The first kappa shape index (κ1) is 8.36. The zero-order valence-electron chi connectivity index (χ0n) is 5.07. The Morgan fingerprint density at radius 1 is 1.88 bits per heavy atom. The summed E-state index contributed by atoms with van der Waals surface area (Å²) in [6, 6.07) is 0.0515. The highest BCUT2D eigenvalue weighted by atomic mass is 127. The van der Waals surface area contributed by atoms with E-state index in [0.717, 1.165) is 4.43 Å². The molecule has 0 aliphatic carbocycles. The molecule has 0 unspecified atom stereocenters. The van der Waals surface area contributed by atoms with Gasteiger partial charge in [0.05, 0.1) is 6.04 Å². The fourth-order valence-corrected chi connectivity index (χ4v) is 1.45. The number of hydrogen-bond donors (Lipinski definition) is 1. The van der Waals surface area contributed by atoms with Gasteiger partial charge in [-0.1, -0.05) is 22.6 Å². The maximum Gasteiger partial charge on any atom is 0.147 e. The zero-order valence-corrected chi connectivity index (χ0v) is 7.23. The SMILES string of the molecule is CN[C@@H](CI)C(C)=O. The van der Waals surface area contributed by atoms with E-state index in [-0.39, 0.29) is 11.8 Å². The molecule has 0 aromatic carbocycles. The molecular formula is C5H10INO. The van der Waals surface area contributed by atoms with E-state index in [1.165, 1.54) is 0 Å². The molecule has 0 aliphatic rings. The van der Waals surface area contributed by atoms with Gasteiger partial charge in [0.1, 0.15) is 5.78 Å². The summed E-state index contributed by atoms with van der Waals surface area (Å²) < 4.78 is 0.851. The molecule has 0 fully saturated rings. The van der Waals surface area contributed by atoms with Crippen molar-refractivity contribution < 1.29 is 4.79 Å². The second-order valence-corrected chi connectivity index (χ2v) is 2.49. The average molecular weight is 227 g/mol. The predicted octanol–water partition coefficient (Wildman–Crippen LogP) is 0.598. The number of carbonyl (C=O) groups is 1. The van der Waals surface area contributed by atoms with Crippen LogP contribution in [0.3, 0.4) is 0 Å². The summed E-state index contributed by atoms with van der Waals surface area (Å²) in [5.41, 5.74) is 0. The van der Waals surface area contributed by atoms with Crippen LogP contribution in [0.25, 0.3) is 0 Å². The van der Waals surface area contributed by atoms with Gasteiger partial charge in [0.2, 0.25) is 0 Å². The summed E-state index contributed by atoms with van der Waals surface area (Å²) in [6.07, 6.45) is 0.